The minimum Gasteiger partial charge on any atom is -0.361 e. The number of nitrogens with zero attached hydrogens (tertiary/aromatic N) is 1. The molecule has 3 aromatic carbocycles. The Kier molecular flexibility index (Phi) is 4.06. The first-order valence-electron chi connectivity index (χ1n) is 8.15. The van der Waals surface area contributed by atoms with E-state index in [4.69, 9.17) is 0 Å². The van der Waals surface area contributed by atoms with Crippen LogP contribution in [0.2, 0.25) is 0 Å². The van der Waals surface area contributed by atoms with Gasteiger partial charge in [-0.3, -0.25) is 9.69 Å². The molecule has 124 valence electrons. The van der Waals surface area contributed by atoms with Crippen molar-refractivity contribution in [2.24, 2.45) is 0 Å². The maximum Gasteiger partial charge on any atom is 0.260 e. The average molecular weight is 393 g/mol. The fraction of sp³-hybridized carbons (Fsp3) is 0.0952. The lowest BCUT2D eigenvalue weighted by Gasteiger charge is -2.28. The second kappa shape index (κ2) is 6.37. The van der Waals surface area contributed by atoms with E-state index in [9.17, 15) is 4.79 Å². The molecule has 0 saturated heterocycles. The molecule has 1 N–H and O–H groups in total. The van der Waals surface area contributed by atoms with Crippen molar-refractivity contribution in [2.45, 2.75) is 13.1 Å². The van der Waals surface area contributed by atoms with Crippen molar-refractivity contribution in [2.75, 3.05) is 10.2 Å². The monoisotopic (exact) mass is 392 g/mol. The fourth-order valence-corrected chi connectivity index (χ4v) is 3.51. The smallest absolute Gasteiger partial charge is 0.260 e. The number of rotatable bonds is 3. The third-order valence-electron chi connectivity index (χ3n) is 4.49. The molecule has 0 spiro atoms. The van der Waals surface area contributed by atoms with Crippen LogP contribution in [-0.4, -0.2) is 5.91 Å². The number of para-hydroxylation sites is 1. The molecule has 0 saturated carbocycles. The number of halogens is 1. The van der Waals surface area contributed by atoms with Gasteiger partial charge in [-0.2, -0.15) is 0 Å². The number of amides is 1. The number of carbonyl (C=O) groups excluding carboxylic acids is 1. The van der Waals surface area contributed by atoms with Crippen LogP contribution in [0.5, 0.6) is 0 Å². The summed E-state index contributed by atoms with van der Waals surface area (Å²) in [5.41, 5.74) is 4.72. The average Bonchev–Trinajstić information content (AvgIpc) is 2.90. The molecule has 0 fully saturated rings. The molecule has 25 heavy (non-hydrogen) atoms. The van der Waals surface area contributed by atoms with Gasteiger partial charge in [-0.15, -0.1) is 0 Å². The number of anilines is 2. The summed E-state index contributed by atoms with van der Waals surface area (Å²) in [6.45, 7) is 2.03. The highest BCUT2D eigenvalue weighted by molar-refractivity contribution is 9.10. The fourth-order valence-electron chi connectivity index (χ4n) is 3.24. The number of hydrogen-bond donors (Lipinski definition) is 1. The van der Waals surface area contributed by atoms with Crippen LogP contribution in [0.4, 0.5) is 11.4 Å². The zero-order valence-electron chi connectivity index (χ0n) is 13.7. The van der Waals surface area contributed by atoms with Gasteiger partial charge in [-0.05, 0) is 48.9 Å². The van der Waals surface area contributed by atoms with Gasteiger partial charge in [0.2, 0.25) is 0 Å². The summed E-state index contributed by atoms with van der Waals surface area (Å²) < 4.78 is 1.02. The Morgan fingerprint density at radius 3 is 2.36 bits per heavy atom. The molecule has 4 heteroatoms. The van der Waals surface area contributed by atoms with Crippen LogP contribution < -0.4 is 10.2 Å². The van der Waals surface area contributed by atoms with Crippen molar-refractivity contribution in [3.8, 4) is 0 Å². The molecule has 1 unspecified atom stereocenters. The lowest BCUT2D eigenvalue weighted by molar-refractivity contribution is 0.0993. The third kappa shape index (κ3) is 2.83. The number of carbonyl (C=O) groups is 1. The lowest BCUT2D eigenvalue weighted by atomic mass is 10.1. The van der Waals surface area contributed by atoms with Gasteiger partial charge >= 0.3 is 0 Å². The molecule has 0 radical (unpaired) electrons. The molecule has 3 aromatic rings. The highest BCUT2D eigenvalue weighted by atomic mass is 79.9. The van der Waals surface area contributed by atoms with E-state index in [0.29, 0.717) is 0 Å². The molecular formula is C21H17BrN2O. The molecular weight excluding hydrogens is 376 g/mol. The van der Waals surface area contributed by atoms with Crippen LogP contribution >= 0.6 is 15.9 Å². The highest BCUT2D eigenvalue weighted by Crippen LogP contribution is 2.39. The standard InChI is InChI=1S/C21H17BrN2O/c1-14-6-2-5-9-19(14)24-20(23-16-12-10-15(22)11-13-16)17-7-3-4-8-18(17)21(24)25/h2-13,20,23H,1H3. The first-order chi connectivity index (χ1) is 12.1. The molecule has 1 aliphatic heterocycles. The minimum atomic E-state index is -0.231. The van der Waals surface area contributed by atoms with Crippen molar-refractivity contribution >= 4 is 33.2 Å². The Morgan fingerprint density at radius 1 is 0.920 bits per heavy atom. The molecule has 1 atom stereocenters. The van der Waals surface area contributed by atoms with Gasteiger partial charge in [0, 0.05) is 27.0 Å². The number of fused-ring (bicyclic) bond motifs is 1. The summed E-state index contributed by atoms with van der Waals surface area (Å²) in [5, 5.41) is 3.51. The van der Waals surface area contributed by atoms with E-state index in [1.807, 2.05) is 84.6 Å². The Hall–Kier alpha value is -2.59. The van der Waals surface area contributed by atoms with Gasteiger partial charge in [0.1, 0.15) is 6.17 Å². The molecule has 1 heterocycles. The maximum absolute atomic E-state index is 13.1. The zero-order chi connectivity index (χ0) is 17.4. The Labute approximate surface area is 155 Å². The van der Waals surface area contributed by atoms with Crippen molar-refractivity contribution in [3.63, 3.8) is 0 Å². The first-order valence-corrected chi connectivity index (χ1v) is 8.94. The van der Waals surface area contributed by atoms with Gasteiger partial charge in [-0.1, -0.05) is 52.3 Å². The Bertz CT molecular complexity index is 937. The number of benzene rings is 3. The predicted molar refractivity (Wildman–Crippen MR) is 105 cm³/mol. The van der Waals surface area contributed by atoms with E-state index in [2.05, 4.69) is 21.2 Å². The van der Waals surface area contributed by atoms with E-state index in [0.717, 1.165) is 32.5 Å². The van der Waals surface area contributed by atoms with Crippen LogP contribution in [0.25, 0.3) is 0 Å². The summed E-state index contributed by atoms with van der Waals surface area (Å²) in [6, 6.07) is 23.8. The zero-order valence-corrected chi connectivity index (χ0v) is 15.3. The summed E-state index contributed by atoms with van der Waals surface area (Å²) in [7, 11) is 0. The number of hydrogen-bond acceptors (Lipinski definition) is 2. The topological polar surface area (TPSA) is 32.3 Å². The molecule has 0 aliphatic carbocycles. The van der Waals surface area contributed by atoms with Crippen LogP contribution in [0.3, 0.4) is 0 Å². The molecule has 3 nitrogen and oxygen atoms in total. The quantitative estimate of drug-likeness (QED) is 0.635. The van der Waals surface area contributed by atoms with Crippen molar-refractivity contribution in [1.82, 2.24) is 0 Å². The van der Waals surface area contributed by atoms with Crippen molar-refractivity contribution in [3.05, 3.63) is 94.0 Å². The second-order valence-electron chi connectivity index (χ2n) is 6.10. The summed E-state index contributed by atoms with van der Waals surface area (Å²) >= 11 is 3.46. The second-order valence-corrected chi connectivity index (χ2v) is 7.02. The highest BCUT2D eigenvalue weighted by Gasteiger charge is 2.38. The van der Waals surface area contributed by atoms with E-state index < -0.39 is 0 Å². The van der Waals surface area contributed by atoms with Crippen LogP contribution in [0.15, 0.2) is 77.3 Å². The lowest BCUT2D eigenvalue weighted by Crippen LogP contribution is -2.32. The normalized spacial score (nSPS) is 16.0. The molecule has 4 rings (SSSR count). The van der Waals surface area contributed by atoms with E-state index in [-0.39, 0.29) is 12.1 Å². The summed E-state index contributed by atoms with van der Waals surface area (Å²) in [4.78, 5) is 14.9. The van der Waals surface area contributed by atoms with Gasteiger partial charge in [-0.25, -0.2) is 0 Å². The summed E-state index contributed by atoms with van der Waals surface area (Å²) in [6.07, 6.45) is -0.231. The Balaban J connectivity index is 1.80. The number of nitrogens with one attached hydrogen (secondary N) is 1. The van der Waals surface area contributed by atoms with E-state index >= 15 is 0 Å². The summed E-state index contributed by atoms with van der Waals surface area (Å²) in [5.74, 6) is 0.0273. The predicted octanol–water partition coefficient (Wildman–Crippen LogP) is 5.53. The Morgan fingerprint density at radius 2 is 1.60 bits per heavy atom. The van der Waals surface area contributed by atoms with Crippen LogP contribution in [-0.2, 0) is 0 Å². The van der Waals surface area contributed by atoms with Crippen LogP contribution in [0.1, 0.15) is 27.7 Å². The van der Waals surface area contributed by atoms with Gasteiger partial charge in [0.25, 0.3) is 5.91 Å². The maximum atomic E-state index is 13.1. The van der Waals surface area contributed by atoms with Crippen LogP contribution in [0, 0.1) is 6.92 Å². The molecule has 0 aromatic heterocycles. The third-order valence-corrected chi connectivity index (χ3v) is 5.01. The van der Waals surface area contributed by atoms with E-state index in [1.54, 1.807) is 0 Å². The van der Waals surface area contributed by atoms with Gasteiger partial charge in [0.15, 0.2) is 0 Å². The SMILES string of the molecule is Cc1ccccc1N1C(=O)c2ccccc2C1Nc1ccc(Br)cc1. The minimum absolute atomic E-state index is 0.0273. The largest absolute Gasteiger partial charge is 0.361 e. The van der Waals surface area contributed by atoms with E-state index in [1.165, 1.54) is 0 Å². The molecule has 0 bridgehead atoms. The number of aryl methyl sites for hydroxylation is 1. The molecule has 1 amide bonds. The van der Waals surface area contributed by atoms with Crippen molar-refractivity contribution < 1.29 is 4.79 Å². The molecule has 1 aliphatic rings. The van der Waals surface area contributed by atoms with Gasteiger partial charge < -0.3 is 5.32 Å². The first kappa shape index (κ1) is 15.9. The van der Waals surface area contributed by atoms with Crippen molar-refractivity contribution in [1.29, 1.82) is 0 Å². The van der Waals surface area contributed by atoms with Gasteiger partial charge in [0.05, 0.1) is 0 Å².